The van der Waals surface area contributed by atoms with E-state index in [1.165, 1.54) is 5.56 Å². The zero-order valence-corrected chi connectivity index (χ0v) is 9.98. The van der Waals surface area contributed by atoms with Gasteiger partial charge in [0.15, 0.2) is 0 Å². The van der Waals surface area contributed by atoms with Gasteiger partial charge in [0, 0.05) is 6.04 Å². The molecule has 2 heteroatoms. The van der Waals surface area contributed by atoms with Crippen molar-refractivity contribution in [3.63, 3.8) is 0 Å². The zero-order valence-electron chi connectivity index (χ0n) is 9.98. The monoisotopic (exact) mass is 206 g/mol. The lowest BCUT2D eigenvalue weighted by Gasteiger charge is -2.31. The van der Waals surface area contributed by atoms with Crippen LogP contribution in [0.15, 0.2) is 30.3 Å². The van der Waals surface area contributed by atoms with Gasteiger partial charge >= 0.3 is 0 Å². The summed E-state index contributed by atoms with van der Waals surface area (Å²) in [5, 5.41) is 0. The highest BCUT2D eigenvalue weighted by molar-refractivity contribution is 5.19. The summed E-state index contributed by atoms with van der Waals surface area (Å²) in [7, 11) is 4.24. The summed E-state index contributed by atoms with van der Waals surface area (Å²) in [5.74, 6) is 0.530. The van der Waals surface area contributed by atoms with Gasteiger partial charge in [0.2, 0.25) is 0 Å². The minimum Gasteiger partial charge on any atom is -0.330 e. The van der Waals surface area contributed by atoms with E-state index < -0.39 is 0 Å². The highest BCUT2D eigenvalue weighted by atomic mass is 15.1. The van der Waals surface area contributed by atoms with Gasteiger partial charge < -0.3 is 10.6 Å². The maximum absolute atomic E-state index is 5.83. The molecule has 0 bridgehead atoms. The van der Waals surface area contributed by atoms with E-state index >= 15 is 0 Å². The molecular formula is C13H22N2. The van der Waals surface area contributed by atoms with E-state index in [1.54, 1.807) is 0 Å². The Morgan fingerprint density at radius 3 is 2.20 bits per heavy atom. The molecule has 0 heterocycles. The number of hydrogen-bond acceptors (Lipinski definition) is 2. The Hall–Kier alpha value is -0.860. The molecule has 0 amide bonds. The highest BCUT2D eigenvalue weighted by Gasteiger charge is 2.22. The van der Waals surface area contributed by atoms with Crippen LogP contribution >= 0.6 is 0 Å². The van der Waals surface area contributed by atoms with Gasteiger partial charge in [-0.2, -0.15) is 0 Å². The van der Waals surface area contributed by atoms with Crippen LogP contribution in [0.1, 0.15) is 24.9 Å². The van der Waals surface area contributed by atoms with Crippen molar-refractivity contribution in [2.75, 3.05) is 20.6 Å². The Balaban J connectivity index is 2.92. The highest BCUT2D eigenvalue weighted by Crippen LogP contribution is 2.28. The maximum Gasteiger partial charge on any atom is 0.0382 e. The Labute approximate surface area is 93.1 Å². The molecule has 1 rings (SSSR count). The fourth-order valence-electron chi connectivity index (χ4n) is 2.16. The maximum atomic E-state index is 5.83. The molecule has 0 aliphatic carbocycles. The molecule has 84 valence electrons. The van der Waals surface area contributed by atoms with Crippen LogP contribution in [-0.2, 0) is 0 Å². The van der Waals surface area contributed by atoms with E-state index in [-0.39, 0.29) is 0 Å². The van der Waals surface area contributed by atoms with Crippen molar-refractivity contribution in [2.45, 2.75) is 19.4 Å². The Kier molecular flexibility index (Phi) is 4.79. The van der Waals surface area contributed by atoms with Crippen molar-refractivity contribution in [1.82, 2.24) is 4.90 Å². The lowest BCUT2D eigenvalue weighted by Crippen LogP contribution is -2.31. The van der Waals surface area contributed by atoms with E-state index in [9.17, 15) is 0 Å². The van der Waals surface area contributed by atoms with Gasteiger partial charge in [-0.25, -0.2) is 0 Å². The van der Waals surface area contributed by atoms with Crippen molar-refractivity contribution < 1.29 is 0 Å². The molecule has 0 spiro atoms. The molecule has 0 aromatic heterocycles. The molecule has 0 saturated heterocycles. The Bertz CT molecular complexity index is 265. The van der Waals surface area contributed by atoms with E-state index in [0.29, 0.717) is 12.0 Å². The number of hydrogen-bond donors (Lipinski definition) is 1. The molecule has 15 heavy (non-hydrogen) atoms. The average molecular weight is 206 g/mol. The summed E-state index contributed by atoms with van der Waals surface area (Å²) < 4.78 is 0. The molecule has 0 aliphatic rings. The van der Waals surface area contributed by atoms with Crippen LogP contribution in [0.3, 0.4) is 0 Å². The van der Waals surface area contributed by atoms with Crippen molar-refractivity contribution in [1.29, 1.82) is 0 Å². The van der Waals surface area contributed by atoms with Crippen molar-refractivity contribution in [2.24, 2.45) is 11.7 Å². The molecule has 1 aromatic rings. The normalized spacial score (nSPS) is 15.3. The van der Waals surface area contributed by atoms with Gasteiger partial charge in [-0.15, -0.1) is 0 Å². The van der Waals surface area contributed by atoms with Gasteiger partial charge in [-0.05, 0) is 32.1 Å². The molecular weight excluding hydrogens is 184 g/mol. The quantitative estimate of drug-likeness (QED) is 0.801. The lowest BCUT2D eigenvalue weighted by molar-refractivity contribution is 0.211. The van der Waals surface area contributed by atoms with Crippen LogP contribution in [0.5, 0.6) is 0 Å². The smallest absolute Gasteiger partial charge is 0.0382 e. The second kappa shape index (κ2) is 5.89. The predicted molar refractivity (Wildman–Crippen MR) is 65.7 cm³/mol. The summed E-state index contributed by atoms with van der Waals surface area (Å²) in [6.07, 6.45) is 1.12. The van der Waals surface area contributed by atoms with Crippen LogP contribution in [-0.4, -0.2) is 25.5 Å². The molecule has 0 radical (unpaired) electrons. The summed E-state index contributed by atoms with van der Waals surface area (Å²) in [5.41, 5.74) is 7.19. The van der Waals surface area contributed by atoms with E-state index in [4.69, 9.17) is 5.73 Å². The van der Waals surface area contributed by atoms with Gasteiger partial charge in [0.1, 0.15) is 0 Å². The summed E-state index contributed by atoms with van der Waals surface area (Å²) in [6.45, 7) is 2.95. The van der Waals surface area contributed by atoms with Crippen LogP contribution in [0.4, 0.5) is 0 Å². The Morgan fingerprint density at radius 1 is 1.20 bits per heavy atom. The molecule has 2 unspecified atom stereocenters. The molecule has 0 fully saturated rings. The van der Waals surface area contributed by atoms with Gasteiger partial charge in [0.05, 0.1) is 0 Å². The first-order valence-corrected chi connectivity index (χ1v) is 5.62. The second-order valence-electron chi connectivity index (χ2n) is 4.22. The summed E-state index contributed by atoms with van der Waals surface area (Å²) in [6, 6.07) is 11.0. The number of nitrogens with two attached hydrogens (primary N) is 1. The van der Waals surface area contributed by atoms with E-state index in [1.807, 2.05) is 0 Å². The lowest BCUT2D eigenvalue weighted by atomic mass is 9.90. The first-order chi connectivity index (χ1) is 7.20. The third-order valence-electron chi connectivity index (χ3n) is 2.97. The van der Waals surface area contributed by atoms with Crippen LogP contribution in [0.25, 0.3) is 0 Å². The predicted octanol–water partition coefficient (Wildman–Crippen LogP) is 2.27. The van der Waals surface area contributed by atoms with Gasteiger partial charge in [-0.3, -0.25) is 0 Å². The minimum absolute atomic E-state index is 0.432. The second-order valence-corrected chi connectivity index (χ2v) is 4.22. The topological polar surface area (TPSA) is 29.3 Å². The number of nitrogens with zero attached hydrogens (tertiary/aromatic N) is 1. The van der Waals surface area contributed by atoms with E-state index in [2.05, 4.69) is 56.3 Å². The summed E-state index contributed by atoms with van der Waals surface area (Å²) >= 11 is 0. The van der Waals surface area contributed by atoms with Crippen LogP contribution in [0, 0.1) is 5.92 Å². The molecule has 0 aliphatic heterocycles. The molecule has 0 saturated carbocycles. The summed E-state index contributed by atoms with van der Waals surface area (Å²) in [4.78, 5) is 2.26. The van der Waals surface area contributed by atoms with Gasteiger partial charge in [0.25, 0.3) is 0 Å². The van der Waals surface area contributed by atoms with Crippen LogP contribution in [0.2, 0.25) is 0 Å². The van der Waals surface area contributed by atoms with Gasteiger partial charge in [-0.1, -0.05) is 43.7 Å². The fourth-order valence-corrected chi connectivity index (χ4v) is 2.16. The first-order valence-electron chi connectivity index (χ1n) is 5.62. The third kappa shape index (κ3) is 3.05. The Morgan fingerprint density at radius 2 is 1.80 bits per heavy atom. The molecule has 2 nitrogen and oxygen atoms in total. The number of rotatable bonds is 5. The zero-order chi connectivity index (χ0) is 11.3. The fraction of sp³-hybridized carbons (Fsp3) is 0.538. The van der Waals surface area contributed by atoms with Crippen molar-refractivity contribution >= 4 is 0 Å². The number of benzene rings is 1. The largest absolute Gasteiger partial charge is 0.330 e. The average Bonchev–Trinajstić information content (AvgIpc) is 2.26. The van der Waals surface area contributed by atoms with E-state index in [0.717, 1.165) is 13.0 Å². The van der Waals surface area contributed by atoms with Crippen molar-refractivity contribution in [3.8, 4) is 0 Å². The standard InChI is InChI=1S/C13H22N2/c1-4-11(10-14)13(15(2)3)12-8-6-5-7-9-12/h5-9,11,13H,4,10,14H2,1-3H3. The van der Waals surface area contributed by atoms with Crippen molar-refractivity contribution in [3.05, 3.63) is 35.9 Å². The molecule has 2 atom stereocenters. The third-order valence-corrected chi connectivity index (χ3v) is 2.97. The SMILES string of the molecule is CCC(CN)C(c1ccccc1)N(C)C. The molecule has 2 N–H and O–H groups in total. The first kappa shape index (κ1) is 12.2. The minimum atomic E-state index is 0.432. The molecule has 1 aromatic carbocycles. The van der Waals surface area contributed by atoms with Crippen LogP contribution < -0.4 is 5.73 Å².